The zero-order valence-electron chi connectivity index (χ0n) is 10.3. The van der Waals surface area contributed by atoms with E-state index in [0.717, 1.165) is 10.0 Å². The lowest BCUT2D eigenvalue weighted by Crippen LogP contribution is -2.28. The standard InChI is InChI=1S/C14H13BrN2O2/c1-9(10-4-2-5-11(15)8-10)16-14(19)12-6-3-7-13(18)17-12/h2-9H,1H3,(H,16,19)(H,17,18). The van der Waals surface area contributed by atoms with Crippen LogP contribution in [0, 0.1) is 0 Å². The average Bonchev–Trinajstić information content (AvgIpc) is 2.38. The molecule has 0 fully saturated rings. The van der Waals surface area contributed by atoms with E-state index in [2.05, 4.69) is 26.2 Å². The van der Waals surface area contributed by atoms with Gasteiger partial charge < -0.3 is 10.3 Å². The lowest BCUT2D eigenvalue weighted by molar-refractivity contribution is 0.0934. The van der Waals surface area contributed by atoms with Crippen molar-refractivity contribution in [2.24, 2.45) is 0 Å². The summed E-state index contributed by atoms with van der Waals surface area (Å²) in [5.74, 6) is -0.301. The number of amides is 1. The van der Waals surface area contributed by atoms with Gasteiger partial charge >= 0.3 is 0 Å². The zero-order valence-corrected chi connectivity index (χ0v) is 11.9. The van der Waals surface area contributed by atoms with Crippen molar-refractivity contribution in [1.29, 1.82) is 0 Å². The van der Waals surface area contributed by atoms with E-state index in [1.807, 2.05) is 31.2 Å². The van der Waals surface area contributed by atoms with Crippen LogP contribution >= 0.6 is 15.9 Å². The van der Waals surface area contributed by atoms with Crippen molar-refractivity contribution in [1.82, 2.24) is 10.3 Å². The minimum absolute atomic E-state index is 0.145. The molecule has 1 amide bonds. The van der Waals surface area contributed by atoms with E-state index in [1.54, 1.807) is 12.1 Å². The third kappa shape index (κ3) is 3.54. The molecule has 2 rings (SSSR count). The van der Waals surface area contributed by atoms with Crippen LogP contribution in [-0.2, 0) is 0 Å². The lowest BCUT2D eigenvalue weighted by Gasteiger charge is -2.14. The first-order valence-electron chi connectivity index (χ1n) is 5.82. The number of hydrogen-bond acceptors (Lipinski definition) is 2. The van der Waals surface area contributed by atoms with E-state index in [4.69, 9.17) is 0 Å². The summed E-state index contributed by atoms with van der Waals surface area (Å²) in [7, 11) is 0. The Labute approximate surface area is 119 Å². The molecular weight excluding hydrogens is 308 g/mol. The molecule has 2 N–H and O–H groups in total. The molecule has 1 atom stereocenters. The number of benzene rings is 1. The smallest absolute Gasteiger partial charge is 0.268 e. The maximum atomic E-state index is 12.0. The van der Waals surface area contributed by atoms with E-state index in [0.29, 0.717) is 0 Å². The van der Waals surface area contributed by atoms with Gasteiger partial charge in [-0.3, -0.25) is 9.59 Å². The molecule has 0 radical (unpaired) electrons. The second-order valence-electron chi connectivity index (χ2n) is 4.18. The molecule has 0 aliphatic carbocycles. The van der Waals surface area contributed by atoms with Gasteiger partial charge in [-0.2, -0.15) is 0 Å². The Bertz CT molecular complexity index is 652. The summed E-state index contributed by atoms with van der Waals surface area (Å²) < 4.78 is 0.958. The number of carbonyl (C=O) groups excluding carboxylic acids is 1. The van der Waals surface area contributed by atoms with E-state index in [9.17, 15) is 9.59 Å². The van der Waals surface area contributed by atoms with Gasteiger partial charge in [0.05, 0.1) is 6.04 Å². The highest BCUT2D eigenvalue weighted by Crippen LogP contribution is 2.17. The van der Waals surface area contributed by atoms with E-state index in [-0.39, 0.29) is 23.2 Å². The number of pyridine rings is 1. The maximum absolute atomic E-state index is 12.0. The molecule has 19 heavy (non-hydrogen) atoms. The number of carbonyl (C=O) groups is 1. The third-order valence-corrected chi connectivity index (χ3v) is 3.20. The van der Waals surface area contributed by atoms with Crippen molar-refractivity contribution in [3.8, 4) is 0 Å². The summed E-state index contributed by atoms with van der Waals surface area (Å²) in [5.41, 5.74) is 0.957. The largest absolute Gasteiger partial charge is 0.344 e. The van der Waals surface area contributed by atoms with Crippen LogP contribution in [0.5, 0.6) is 0 Å². The Morgan fingerprint density at radius 1 is 1.26 bits per heavy atom. The number of nitrogens with one attached hydrogen (secondary N) is 2. The first kappa shape index (κ1) is 13.5. The van der Waals surface area contributed by atoms with Gasteiger partial charge in [-0.05, 0) is 30.7 Å². The Balaban J connectivity index is 2.13. The molecule has 0 bridgehead atoms. The molecule has 1 heterocycles. The van der Waals surface area contributed by atoms with Gasteiger partial charge in [-0.1, -0.05) is 34.1 Å². The Kier molecular flexibility index (Phi) is 4.16. The second kappa shape index (κ2) is 5.84. The molecule has 0 saturated carbocycles. The van der Waals surface area contributed by atoms with E-state index < -0.39 is 0 Å². The Hall–Kier alpha value is -1.88. The molecule has 2 aromatic rings. The molecule has 0 spiro atoms. The summed E-state index contributed by atoms with van der Waals surface area (Å²) in [4.78, 5) is 25.6. The van der Waals surface area contributed by atoms with Crippen LogP contribution in [0.1, 0.15) is 29.0 Å². The SMILES string of the molecule is CC(NC(=O)c1cccc(=O)[nH]1)c1cccc(Br)c1. The highest BCUT2D eigenvalue weighted by molar-refractivity contribution is 9.10. The fourth-order valence-corrected chi connectivity index (χ4v) is 2.13. The summed E-state index contributed by atoms with van der Waals surface area (Å²) in [6, 6.07) is 12.1. The maximum Gasteiger partial charge on any atom is 0.268 e. The van der Waals surface area contributed by atoms with Gasteiger partial charge in [-0.25, -0.2) is 0 Å². The van der Waals surface area contributed by atoms with E-state index >= 15 is 0 Å². The lowest BCUT2D eigenvalue weighted by atomic mass is 10.1. The molecule has 0 aliphatic rings. The number of H-pyrrole nitrogens is 1. The average molecular weight is 321 g/mol. The summed E-state index contributed by atoms with van der Waals surface area (Å²) >= 11 is 3.39. The van der Waals surface area contributed by atoms with Gasteiger partial charge in [0.15, 0.2) is 0 Å². The number of hydrogen-bond donors (Lipinski definition) is 2. The van der Waals surface area contributed by atoms with Gasteiger partial charge in [0, 0.05) is 10.5 Å². The van der Waals surface area contributed by atoms with Crippen LogP contribution in [0.3, 0.4) is 0 Å². The van der Waals surface area contributed by atoms with Crippen molar-refractivity contribution in [3.05, 3.63) is 68.5 Å². The predicted molar refractivity (Wildman–Crippen MR) is 77.1 cm³/mol. The highest BCUT2D eigenvalue weighted by atomic mass is 79.9. The molecule has 0 saturated heterocycles. The normalized spacial score (nSPS) is 11.9. The molecular formula is C14H13BrN2O2. The van der Waals surface area contributed by atoms with Gasteiger partial charge in [-0.15, -0.1) is 0 Å². The molecule has 4 nitrogen and oxygen atoms in total. The van der Waals surface area contributed by atoms with Crippen molar-refractivity contribution >= 4 is 21.8 Å². The number of aromatic amines is 1. The van der Waals surface area contributed by atoms with Crippen LogP contribution in [0.15, 0.2) is 51.7 Å². The van der Waals surface area contributed by atoms with Gasteiger partial charge in [0.25, 0.3) is 5.91 Å². The minimum atomic E-state index is -0.301. The van der Waals surface area contributed by atoms with Gasteiger partial charge in [0.2, 0.25) is 5.56 Å². The first-order chi connectivity index (χ1) is 9.06. The molecule has 1 unspecified atom stereocenters. The monoisotopic (exact) mass is 320 g/mol. The Morgan fingerprint density at radius 3 is 2.68 bits per heavy atom. The zero-order chi connectivity index (χ0) is 13.8. The molecule has 0 aliphatic heterocycles. The van der Waals surface area contributed by atoms with E-state index in [1.165, 1.54) is 6.07 Å². The fourth-order valence-electron chi connectivity index (χ4n) is 1.71. The summed E-state index contributed by atoms with van der Waals surface area (Å²) in [5, 5.41) is 2.84. The summed E-state index contributed by atoms with van der Waals surface area (Å²) in [6.45, 7) is 1.89. The van der Waals surface area contributed by atoms with Crippen molar-refractivity contribution in [2.45, 2.75) is 13.0 Å². The fraction of sp³-hybridized carbons (Fsp3) is 0.143. The van der Waals surface area contributed by atoms with Gasteiger partial charge in [0.1, 0.15) is 5.69 Å². The van der Waals surface area contributed by atoms with Crippen molar-refractivity contribution in [2.75, 3.05) is 0 Å². The first-order valence-corrected chi connectivity index (χ1v) is 6.61. The summed E-state index contributed by atoms with van der Waals surface area (Å²) in [6.07, 6.45) is 0. The van der Waals surface area contributed by atoms with Crippen molar-refractivity contribution < 1.29 is 4.79 Å². The molecule has 5 heteroatoms. The quantitative estimate of drug-likeness (QED) is 0.913. The predicted octanol–water partition coefficient (Wildman–Crippen LogP) is 2.63. The second-order valence-corrected chi connectivity index (χ2v) is 5.09. The van der Waals surface area contributed by atoms with Crippen LogP contribution < -0.4 is 10.9 Å². The molecule has 1 aromatic heterocycles. The van der Waals surface area contributed by atoms with Crippen LogP contribution in [-0.4, -0.2) is 10.9 Å². The van der Waals surface area contributed by atoms with Crippen LogP contribution in [0.2, 0.25) is 0 Å². The molecule has 1 aromatic carbocycles. The number of halogens is 1. The Morgan fingerprint density at radius 2 is 2.00 bits per heavy atom. The number of aromatic nitrogens is 1. The van der Waals surface area contributed by atoms with Crippen LogP contribution in [0.4, 0.5) is 0 Å². The number of rotatable bonds is 3. The topological polar surface area (TPSA) is 62.0 Å². The highest BCUT2D eigenvalue weighted by Gasteiger charge is 2.12. The third-order valence-electron chi connectivity index (χ3n) is 2.71. The van der Waals surface area contributed by atoms with Crippen LogP contribution in [0.25, 0.3) is 0 Å². The minimum Gasteiger partial charge on any atom is -0.344 e. The van der Waals surface area contributed by atoms with Crippen molar-refractivity contribution in [3.63, 3.8) is 0 Å². The molecule has 98 valence electrons.